The van der Waals surface area contributed by atoms with Crippen molar-refractivity contribution in [3.8, 4) is 0 Å². The smallest absolute Gasteiger partial charge is 0.308 e. The lowest BCUT2D eigenvalue weighted by atomic mass is 9.84. The van der Waals surface area contributed by atoms with Gasteiger partial charge in [-0.25, -0.2) is 0 Å². The van der Waals surface area contributed by atoms with Crippen LogP contribution in [0.3, 0.4) is 0 Å². The summed E-state index contributed by atoms with van der Waals surface area (Å²) in [6, 6.07) is 7.68. The van der Waals surface area contributed by atoms with Gasteiger partial charge in [-0.3, -0.25) is 9.59 Å². The Labute approximate surface area is 154 Å². The molecule has 1 N–H and O–H groups in total. The zero-order chi connectivity index (χ0) is 18.1. The van der Waals surface area contributed by atoms with E-state index >= 15 is 0 Å². The quantitative estimate of drug-likeness (QED) is 0.902. The van der Waals surface area contributed by atoms with Gasteiger partial charge < -0.3 is 14.9 Å². The highest BCUT2D eigenvalue weighted by Gasteiger charge is 2.31. The molecule has 0 aromatic heterocycles. The summed E-state index contributed by atoms with van der Waals surface area (Å²) in [6.07, 6.45) is 8.74. The molecule has 2 heterocycles. The van der Waals surface area contributed by atoms with Gasteiger partial charge in [-0.2, -0.15) is 0 Å². The molecule has 1 aromatic rings. The number of carboxylic acids is 1. The average molecular weight is 354 g/mol. The Hall–Kier alpha value is -2.30. The minimum atomic E-state index is -0.722. The fourth-order valence-corrected chi connectivity index (χ4v) is 4.56. The number of benzene rings is 1. The summed E-state index contributed by atoms with van der Waals surface area (Å²) in [5.41, 5.74) is 2.95. The molecule has 1 aliphatic carbocycles. The lowest BCUT2D eigenvalue weighted by Crippen LogP contribution is -2.39. The van der Waals surface area contributed by atoms with Gasteiger partial charge in [0, 0.05) is 36.6 Å². The highest BCUT2D eigenvalue weighted by atomic mass is 16.4. The van der Waals surface area contributed by atoms with Gasteiger partial charge in [-0.05, 0) is 68.7 Å². The number of aliphatic carboxylic acids is 1. The maximum absolute atomic E-state index is 13.0. The number of likely N-dealkylation sites (tertiary alicyclic amines) is 1. The minimum absolute atomic E-state index is 0.0965. The minimum Gasteiger partial charge on any atom is -0.481 e. The first-order chi connectivity index (χ1) is 12.6. The molecule has 2 atom stereocenters. The van der Waals surface area contributed by atoms with Gasteiger partial charge in [0.1, 0.15) is 0 Å². The predicted octanol–water partition coefficient (Wildman–Crippen LogP) is 3.52. The molecule has 0 spiro atoms. The van der Waals surface area contributed by atoms with Crippen LogP contribution in [0.2, 0.25) is 0 Å². The Morgan fingerprint density at radius 2 is 1.77 bits per heavy atom. The van der Waals surface area contributed by atoms with Gasteiger partial charge in [0.05, 0.1) is 5.92 Å². The van der Waals surface area contributed by atoms with Gasteiger partial charge >= 0.3 is 5.97 Å². The van der Waals surface area contributed by atoms with Crippen molar-refractivity contribution in [1.82, 2.24) is 4.90 Å². The van der Waals surface area contributed by atoms with Crippen LogP contribution in [0.25, 0.3) is 0 Å². The largest absolute Gasteiger partial charge is 0.481 e. The highest BCUT2D eigenvalue weighted by Crippen LogP contribution is 2.36. The monoisotopic (exact) mass is 354 g/mol. The molecule has 2 unspecified atom stereocenters. The predicted molar refractivity (Wildman–Crippen MR) is 100 cm³/mol. The summed E-state index contributed by atoms with van der Waals surface area (Å²) in [5.74, 6) is -0.364. The maximum Gasteiger partial charge on any atom is 0.308 e. The molecule has 2 saturated heterocycles. The molecule has 2 aliphatic heterocycles. The zero-order valence-corrected chi connectivity index (χ0v) is 15.1. The van der Waals surface area contributed by atoms with E-state index in [0.717, 1.165) is 37.2 Å². The fraction of sp³-hybridized carbons (Fsp3) is 0.524. The van der Waals surface area contributed by atoms with Crippen molar-refractivity contribution in [3.05, 3.63) is 41.6 Å². The van der Waals surface area contributed by atoms with E-state index in [1.165, 1.54) is 25.0 Å². The molecule has 0 radical (unpaired) electrons. The number of anilines is 1. The number of piperidine rings is 1. The molecular formula is C21H26N2O3. The normalized spacial score (nSPS) is 25.6. The molecule has 138 valence electrons. The number of fused-ring (bicyclic) bond motifs is 1. The van der Waals surface area contributed by atoms with Crippen molar-refractivity contribution in [1.29, 1.82) is 0 Å². The van der Waals surface area contributed by atoms with Crippen LogP contribution in [0.4, 0.5) is 5.69 Å². The van der Waals surface area contributed by atoms with E-state index < -0.39 is 5.97 Å². The molecule has 5 nitrogen and oxygen atoms in total. The van der Waals surface area contributed by atoms with Gasteiger partial charge in [0.25, 0.3) is 5.91 Å². The molecule has 0 saturated carbocycles. The SMILES string of the molecule is O=C(O)C1CCN(c2ccc(C(=O)N3CCCC4CCCC=C43)cc2)C1. The van der Waals surface area contributed by atoms with Crippen LogP contribution in [-0.2, 0) is 4.79 Å². The number of hydrogen-bond donors (Lipinski definition) is 1. The Morgan fingerprint density at radius 3 is 2.50 bits per heavy atom. The number of nitrogens with zero attached hydrogens (tertiary/aromatic N) is 2. The second-order valence-corrected chi connectivity index (χ2v) is 7.67. The first-order valence-corrected chi connectivity index (χ1v) is 9.73. The van der Waals surface area contributed by atoms with Gasteiger partial charge in [-0.15, -0.1) is 0 Å². The molecule has 3 aliphatic rings. The third-order valence-corrected chi connectivity index (χ3v) is 6.04. The maximum atomic E-state index is 13.0. The molecule has 1 amide bonds. The van der Waals surface area contributed by atoms with E-state index in [2.05, 4.69) is 11.0 Å². The van der Waals surface area contributed by atoms with Crippen molar-refractivity contribution < 1.29 is 14.7 Å². The summed E-state index contributed by atoms with van der Waals surface area (Å²) in [5, 5.41) is 9.15. The van der Waals surface area contributed by atoms with E-state index in [9.17, 15) is 9.59 Å². The molecule has 4 rings (SSSR count). The second kappa shape index (κ2) is 7.14. The topological polar surface area (TPSA) is 60.9 Å². The number of hydrogen-bond acceptors (Lipinski definition) is 3. The van der Waals surface area contributed by atoms with Gasteiger partial charge in [-0.1, -0.05) is 6.08 Å². The number of carbonyl (C=O) groups is 2. The number of amides is 1. The van der Waals surface area contributed by atoms with Gasteiger partial charge in [0.2, 0.25) is 0 Å². The van der Waals surface area contributed by atoms with E-state index in [-0.39, 0.29) is 11.8 Å². The van der Waals surface area contributed by atoms with Crippen molar-refractivity contribution in [2.24, 2.45) is 11.8 Å². The molecule has 2 fully saturated rings. The van der Waals surface area contributed by atoms with Crippen LogP contribution in [0.5, 0.6) is 0 Å². The van der Waals surface area contributed by atoms with Crippen molar-refractivity contribution >= 4 is 17.6 Å². The van der Waals surface area contributed by atoms with E-state index in [1.54, 1.807) is 0 Å². The number of allylic oxidation sites excluding steroid dienone is 2. The lowest BCUT2D eigenvalue weighted by Gasteiger charge is -2.38. The van der Waals surface area contributed by atoms with Crippen molar-refractivity contribution in [3.63, 3.8) is 0 Å². The molecular weight excluding hydrogens is 328 g/mol. The average Bonchev–Trinajstić information content (AvgIpc) is 3.18. The van der Waals surface area contributed by atoms with Crippen LogP contribution in [0.1, 0.15) is 48.9 Å². The summed E-state index contributed by atoms with van der Waals surface area (Å²) >= 11 is 0. The molecule has 26 heavy (non-hydrogen) atoms. The van der Waals surface area contributed by atoms with Crippen LogP contribution >= 0.6 is 0 Å². The zero-order valence-electron chi connectivity index (χ0n) is 15.1. The Bertz CT molecular complexity index is 725. The van der Waals surface area contributed by atoms with Crippen LogP contribution in [0.15, 0.2) is 36.0 Å². The first kappa shape index (κ1) is 17.1. The second-order valence-electron chi connectivity index (χ2n) is 7.67. The Morgan fingerprint density at radius 1 is 1.00 bits per heavy atom. The molecule has 0 bridgehead atoms. The van der Waals surface area contributed by atoms with E-state index in [0.29, 0.717) is 18.9 Å². The van der Waals surface area contributed by atoms with E-state index in [4.69, 9.17) is 5.11 Å². The lowest BCUT2D eigenvalue weighted by molar-refractivity contribution is -0.140. The summed E-state index contributed by atoms with van der Waals surface area (Å²) in [6.45, 7) is 2.11. The number of carboxylic acid groups (broad SMARTS) is 1. The number of rotatable bonds is 3. The highest BCUT2D eigenvalue weighted by molar-refractivity contribution is 5.95. The fourth-order valence-electron chi connectivity index (χ4n) is 4.56. The summed E-state index contributed by atoms with van der Waals surface area (Å²) < 4.78 is 0. The van der Waals surface area contributed by atoms with E-state index in [1.807, 2.05) is 29.2 Å². The van der Waals surface area contributed by atoms with Crippen LogP contribution < -0.4 is 4.90 Å². The van der Waals surface area contributed by atoms with Crippen molar-refractivity contribution in [2.45, 2.75) is 38.5 Å². The van der Waals surface area contributed by atoms with Crippen LogP contribution in [0, 0.1) is 11.8 Å². The van der Waals surface area contributed by atoms with Crippen molar-refractivity contribution in [2.75, 3.05) is 24.5 Å². The number of carbonyl (C=O) groups excluding carboxylic acids is 1. The Balaban J connectivity index is 1.47. The molecule has 1 aromatic carbocycles. The summed E-state index contributed by atoms with van der Waals surface area (Å²) in [7, 11) is 0. The van der Waals surface area contributed by atoms with Gasteiger partial charge in [0.15, 0.2) is 0 Å². The molecule has 5 heteroatoms. The third kappa shape index (κ3) is 3.22. The standard InChI is InChI=1S/C21H26N2O3/c24-20(23-12-3-5-15-4-1-2-6-19(15)23)16-7-9-18(10-8-16)22-13-11-17(14-22)21(25)26/h6-10,15,17H,1-5,11-14H2,(H,25,26). The Kier molecular flexibility index (Phi) is 4.70. The van der Waals surface area contributed by atoms with Crippen LogP contribution in [-0.4, -0.2) is 41.5 Å². The first-order valence-electron chi connectivity index (χ1n) is 9.73. The summed E-state index contributed by atoms with van der Waals surface area (Å²) in [4.78, 5) is 28.2. The third-order valence-electron chi connectivity index (χ3n) is 6.04.